The molecule has 1 saturated carbocycles. The Morgan fingerprint density at radius 1 is 0.967 bits per heavy atom. The molecule has 1 aliphatic carbocycles. The van der Waals surface area contributed by atoms with Gasteiger partial charge in [-0.05, 0) is 69.0 Å². The third kappa shape index (κ3) is 6.54. The molecular formula is C22H28Cl3N5. The molecule has 0 spiro atoms. The first-order valence-corrected chi connectivity index (χ1v) is 9.57. The van der Waals surface area contributed by atoms with E-state index >= 15 is 0 Å². The third-order valence-corrected chi connectivity index (χ3v) is 5.07. The molecule has 4 rings (SSSR count). The summed E-state index contributed by atoms with van der Waals surface area (Å²) in [6.45, 7) is 2.09. The lowest BCUT2D eigenvalue weighted by Crippen LogP contribution is -2.33. The molecule has 1 aromatic carbocycles. The van der Waals surface area contributed by atoms with E-state index in [1.54, 1.807) is 6.20 Å². The van der Waals surface area contributed by atoms with Crippen molar-refractivity contribution in [3.63, 3.8) is 0 Å². The quantitative estimate of drug-likeness (QED) is 0.532. The summed E-state index contributed by atoms with van der Waals surface area (Å²) in [6, 6.07) is 12.9. The summed E-state index contributed by atoms with van der Waals surface area (Å²) in [4.78, 5) is 13.8. The first kappa shape index (κ1) is 26.1. The summed E-state index contributed by atoms with van der Waals surface area (Å²) in [7, 11) is 0. The first-order chi connectivity index (χ1) is 13.2. The average molecular weight is 469 g/mol. The lowest BCUT2D eigenvalue weighted by atomic mass is 9.92. The fourth-order valence-electron chi connectivity index (χ4n) is 3.54. The van der Waals surface area contributed by atoms with Crippen molar-refractivity contribution in [3.8, 4) is 0 Å². The number of benzene rings is 1. The van der Waals surface area contributed by atoms with E-state index in [2.05, 4.69) is 35.4 Å². The largest absolute Gasteiger partial charge is 0.367 e. The van der Waals surface area contributed by atoms with Gasteiger partial charge >= 0.3 is 0 Å². The Hall–Kier alpha value is -1.92. The number of nitrogens with one attached hydrogen (secondary N) is 1. The molecule has 5 nitrogen and oxygen atoms in total. The van der Waals surface area contributed by atoms with Crippen LogP contribution >= 0.6 is 37.2 Å². The summed E-state index contributed by atoms with van der Waals surface area (Å²) in [6.07, 6.45) is 9.93. The van der Waals surface area contributed by atoms with E-state index in [0.717, 1.165) is 48.1 Å². The molecule has 0 saturated heterocycles. The lowest BCUT2D eigenvalue weighted by Gasteiger charge is -2.27. The van der Waals surface area contributed by atoms with Crippen LogP contribution in [0.2, 0.25) is 0 Å². The van der Waals surface area contributed by atoms with Crippen molar-refractivity contribution in [2.75, 3.05) is 5.32 Å². The molecular weight excluding hydrogens is 441 g/mol. The minimum absolute atomic E-state index is 0. The van der Waals surface area contributed by atoms with Gasteiger partial charge < -0.3 is 11.1 Å². The van der Waals surface area contributed by atoms with Gasteiger partial charge in [0.2, 0.25) is 0 Å². The van der Waals surface area contributed by atoms with E-state index in [0.29, 0.717) is 17.9 Å². The van der Waals surface area contributed by atoms with Crippen LogP contribution in [0.4, 0.5) is 5.82 Å². The average Bonchev–Trinajstić information content (AvgIpc) is 2.69. The van der Waals surface area contributed by atoms with Gasteiger partial charge in [-0.3, -0.25) is 4.98 Å². The van der Waals surface area contributed by atoms with Gasteiger partial charge in [0, 0.05) is 23.7 Å². The topological polar surface area (TPSA) is 76.7 Å². The minimum Gasteiger partial charge on any atom is -0.367 e. The predicted molar refractivity (Wildman–Crippen MR) is 133 cm³/mol. The van der Waals surface area contributed by atoms with Crippen molar-refractivity contribution in [2.24, 2.45) is 5.73 Å². The number of aryl methyl sites for hydroxylation is 1. The highest BCUT2D eigenvalue weighted by Crippen LogP contribution is 2.26. The van der Waals surface area contributed by atoms with Crippen LogP contribution < -0.4 is 11.1 Å². The van der Waals surface area contributed by atoms with Crippen molar-refractivity contribution < 1.29 is 0 Å². The Bertz CT molecular complexity index is 958. The lowest BCUT2D eigenvalue weighted by molar-refractivity contribution is 0.410. The molecule has 3 aromatic rings. The summed E-state index contributed by atoms with van der Waals surface area (Å²) < 4.78 is 0. The first-order valence-electron chi connectivity index (χ1n) is 9.57. The van der Waals surface area contributed by atoms with Crippen LogP contribution in [0.25, 0.3) is 23.1 Å². The van der Waals surface area contributed by atoms with E-state index in [9.17, 15) is 0 Å². The van der Waals surface area contributed by atoms with Crippen LogP contribution in [-0.2, 0) is 0 Å². The maximum atomic E-state index is 6.05. The number of hydrogen-bond donors (Lipinski definition) is 2. The number of halogens is 3. The molecule has 162 valence electrons. The Morgan fingerprint density at radius 2 is 1.73 bits per heavy atom. The zero-order chi connectivity index (χ0) is 18.6. The molecule has 1 aliphatic rings. The number of nitrogens with two attached hydrogens (primary N) is 1. The summed E-state index contributed by atoms with van der Waals surface area (Å²) >= 11 is 0. The van der Waals surface area contributed by atoms with Crippen molar-refractivity contribution in [1.29, 1.82) is 0 Å². The molecule has 0 amide bonds. The van der Waals surface area contributed by atoms with Gasteiger partial charge in [-0.15, -0.1) is 37.2 Å². The highest BCUT2D eigenvalue weighted by molar-refractivity contribution is 5.90. The zero-order valence-corrected chi connectivity index (χ0v) is 19.3. The Balaban J connectivity index is 0.00000150. The van der Waals surface area contributed by atoms with E-state index in [4.69, 9.17) is 15.7 Å². The number of pyridine rings is 1. The second-order valence-corrected chi connectivity index (χ2v) is 7.29. The number of nitrogens with zero attached hydrogens (tertiary/aromatic N) is 3. The summed E-state index contributed by atoms with van der Waals surface area (Å²) in [5, 5.41) is 4.72. The fraction of sp³-hybridized carbons (Fsp3) is 0.318. The zero-order valence-electron chi connectivity index (χ0n) is 16.8. The predicted octanol–water partition coefficient (Wildman–Crippen LogP) is 5.45. The van der Waals surface area contributed by atoms with Crippen LogP contribution in [-0.4, -0.2) is 27.0 Å². The fourth-order valence-corrected chi connectivity index (χ4v) is 3.54. The highest BCUT2D eigenvalue weighted by Gasteiger charge is 2.19. The van der Waals surface area contributed by atoms with Gasteiger partial charge in [0.05, 0.1) is 11.2 Å². The minimum atomic E-state index is 0. The van der Waals surface area contributed by atoms with Crippen molar-refractivity contribution in [2.45, 2.75) is 44.7 Å². The summed E-state index contributed by atoms with van der Waals surface area (Å²) in [5.41, 5.74) is 9.10. The molecule has 0 unspecified atom stereocenters. The molecule has 0 aliphatic heterocycles. The summed E-state index contributed by atoms with van der Waals surface area (Å²) in [5.74, 6) is 1.59. The molecule has 2 heterocycles. The molecule has 0 bridgehead atoms. The van der Waals surface area contributed by atoms with Gasteiger partial charge in [-0.25, -0.2) is 9.97 Å². The maximum Gasteiger partial charge on any atom is 0.155 e. The third-order valence-electron chi connectivity index (χ3n) is 5.07. The monoisotopic (exact) mass is 467 g/mol. The Labute approximate surface area is 196 Å². The molecule has 1 fully saturated rings. The SMILES string of the molecule is Cc1ccc2nc(C=Cc3ccccn3)nc(NC3CCC(N)CC3)c2c1.Cl.Cl.Cl. The van der Waals surface area contributed by atoms with Crippen LogP contribution in [0.15, 0.2) is 42.6 Å². The van der Waals surface area contributed by atoms with Gasteiger partial charge in [0.15, 0.2) is 5.82 Å². The number of hydrogen-bond acceptors (Lipinski definition) is 5. The highest BCUT2D eigenvalue weighted by atomic mass is 35.5. The maximum absolute atomic E-state index is 6.05. The molecule has 30 heavy (non-hydrogen) atoms. The van der Waals surface area contributed by atoms with Crippen LogP contribution in [0.5, 0.6) is 0 Å². The molecule has 2 aromatic heterocycles. The van der Waals surface area contributed by atoms with E-state index < -0.39 is 0 Å². The van der Waals surface area contributed by atoms with Crippen LogP contribution in [0.3, 0.4) is 0 Å². The Kier molecular flexibility index (Phi) is 10.5. The smallest absolute Gasteiger partial charge is 0.155 e. The molecule has 0 atom stereocenters. The Morgan fingerprint density at radius 3 is 2.43 bits per heavy atom. The number of anilines is 1. The van der Waals surface area contributed by atoms with Gasteiger partial charge in [-0.1, -0.05) is 17.7 Å². The molecule has 3 N–H and O–H groups in total. The standard InChI is InChI=1S/C22H25N5.3ClH/c1-15-5-11-20-19(14-15)22(25-18-8-6-16(23)7-9-18)27-21(26-20)12-10-17-4-2-3-13-24-17;;;/h2-5,10-14,16,18H,6-9,23H2,1H3,(H,25,26,27);3*1H. The van der Waals surface area contributed by atoms with Crippen LogP contribution in [0, 0.1) is 6.92 Å². The normalized spacial score (nSPS) is 18.2. The van der Waals surface area contributed by atoms with Crippen LogP contribution in [0.1, 0.15) is 42.8 Å². The van der Waals surface area contributed by atoms with Crippen molar-refractivity contribution >= 4 is 66.1 Å². The van der Waals surface area contributed by atoms with E-state index in [1.807, 2.05) is 30.4 Å². The second-order valence-electron chi connectivity index (χ2n) is 7.29. The molecule has 0 radical (unpaired) electrons. The van der Waals surface area contributed by atoms with E-state index in [-0.39, 0.29) is 37.2 Å². The number of aromatic nitrogens is 3. The second kappa shape index (κ2) is 12.1. The molecule has 8 heteroatoms. The van der Waals surface area contributed by atoms with Gasteiger partial charge in [-0.2, -0.15) is 0 Å². The number of fused-ring (bicyclic) bond motifs is 1. The van der Waals surface area contributed by atoms with Gasteiger partial charge in [0.25, 0.3) is 0 Å². The van der Waals surface area contributed by atoms with Crippen molar-refractivity contribution in [3.05, 3.63) is 59.7 Å². The van der Waals surface area contributed by atoms with E-state index in [1.165, 1.54) is 5.56 Å². The number of rotatable bonds is 4. The van der Waals surface area contributed by atoms with Crippen molar-refractivity contribution in [1.82, 2.24) is 15.0 Å². The van der Waals surface area contributed by atoms with Gasteiger partial charge in [0.1, 0.15) is 5.82 Å².